The van der Waals surface area contributed by atoms with Crippen molar-refractivity contribution in [2.24, 2.45) is 0 Å². The van der Waals surface area contributed by atoms with Gasteiger partial charge in [0.2, 0.25) is 11.8 Å². The molecule has 160 valence electrons. The molecular weight excluding hydrogens is 445 g/mol. The fourth-order valence-corrected chi connectivity index (χ4v) is 1.80. The van der Waals surface area contributed by atoms with Crippen LogP contribution in [-0.4, -0.2) is 46.9 Å². The Morgan fingerprint density at radius 2 is 1.00 bits per heavy atom. The zero-order valence-corrected chi connectivity index (χ0v) is 11.4. The van der Waals surface area contributed by atoms with Crippen LogP contribution in [0.2, 0.25) is 0 Å². The van der Waals surface area contributed by atoms with Gasteiger partial charge in [-0.2, -0.15) is 70.2 Å². The molecule has 1 nitrogen and oxygen atoms in total. The molecule has 0 amide bonds. The summed E-state index contributed by atoms with van der Waals surface area (Å²) in [7, 11) is 0. The van der Waals surface area contributed by atoms with E-state index >= 15 is 0 Å². The first-order chi connectivity index (χ1) is 11.4. The first-order valence-electron chi connectivity index (χ1n) is 5.63. The molecule has 0 saturated carbocycles. The molecule has 0 spiro atoms. The fourth-order valence-electron chi connectivity index (χ4n) is 1.80. The quantitative estimate of drug-likeness (QED) is 0.398. The molecule has 0 saturated heterocycles. The number of halogens is 17. The van der Waals surface area contributed by atoms with Crippen LogP contribution in [0, 0.1) is 0 Å². The lowest BCUT2D eigenvalue weighted by molar-refractivity contribution is -0.444. The monoisotopic (exact) mass is 445 g/mol. The summed E-state index contributed by atoms with van der Waals surface area (Å²) >= 11 is 0. The van der Waals surface area contributed by atoms with E-state index in [1.807, 2.05) is 0 Å². The summed E-state index contributed by atoms with van der Waals surface area (Å²) < 4.78 is 217. The van der Waals surface area contributed by atoms with E-state index in [9.17, 15) is 74.6 Å². The summed E-state index contributed by atoms with van der Waals surface area (Å²) in [6.45, 7) is 0. The van der Waals surface area contributed by atoms with E-state index in [4.69, 9.17) is 0 Å². The second-order valence-corrected chi connectivity index (χ2v) is 4.82. The molecule has 0 aliphatic carbocycles. The molecule has 18 heteroatoms. The molecule has 1 atom stereocenters. The third-order valence-corrected chi connectivity index (χ3v) is 3.16. The van der Waals surface area contributed by atoms with E-state index in [1.165, 1.54) is 0 Å². The van der Waals surface area contributed by atoms with Crippen molar-refractivity contribution in [2.75, 3.05) is 0 Å². The lowest BCUT2D eigenvalue weighted by atomic mass is 9.98. The number of rotatable bonds is 3. The molecule has 0 bridgehead atoms. The third-order valence-electron chi connectivity index (χ3n) is 3.16. The van der Waals surface area contributed by atoms with Gasteiger partial charge in [-0.3, -0.25) is 0 Å². The normalized spacial score (nSPS) is 25.4. The minimum atomic E-state index is -7.97. The van der Waals surface area contributed by atoms with E-state index in [-0.39, 0.29) is 0 Å². The van der Waals surface area contributed by atoms with Crippen LogP contribution < -0.4 is 0 Å². The lowest BCUT2D eigenvalue weighted by Crippen LogP contribution is -2.74. The lowest BCUT2D eigenvalue weighted by Gasteiger charge is -2.45. The van der Waals surface area contributed by atoms with Gasteiger partial charge in [0.1, 0.15) is 0 Å². The van der Waals surface area contributed by atoms with Gasteiger partial charge in [-0.1, -0.05) is 0 Å². The SMILES string of the molecule is FC1=C(F)C(F)(F)C(F)(C(F)(F)C(F)(F)F)N1C(F)(F)C(F)(F)C(F)(F)F. The Morgan fingerprint density at radius 1 is 0.630 bits per heavy atom. The molecule has 0 aromatic heterocycles. The van der Waals surface area contributed by atoms with Crippen molar-refractivity contribution >= 4 is 0 Å². The summed E-state index contributed by atoms with van der Waals surface area (Å²) in [5, 5.41) is 0. The van der Waals surface area contributed by atoms with Gasteiger partial charge in [0.05, 0.1) is 0 Å². The Hall–Kier alpha value is -1.65. The minimum Gasteiger partial charge on any atom is -0.236 e. The molecule has 0 radical (unpaired) electrons. The van der Waals surface area contributed by atoms with Crippen molar-refractivity contribution in [3.63, 3.8) is 0 Å². The first kappa shape index (κ1) is 23.4. The van der Waals surface area contributed by atoms with Crippen molar-refractivity contribution < 1.29 is 74.6 Å². The molecule has 27 heavy (non-hydrogen) atoms. The molecule has 1 aliphatic rings. The maximum Gasteiger partial charge on any atom is 0.462 e. The molecule has 0 N–H and O–H groups in total. The van der Waals surface area contributed by atoms with Crippen LogP contribution >= 0.6 is 0 Å². The first-order valence-corrected chi connectivity index (χ1v) is 5.63. The molecular formula is C9F17N. The van der Waals surface area contributed by atoms with Gasteiger partial charge in [0.25, 0.3) is 0 Å². The van der Waals surface area contributed by atoms with E-state index in [0.717, 1.165) is 0 Å². The van der Waals surface area contributed by atoms with Crippen molar-refractivity contribution in [3.05, 3.63) is 11.8 Å². The van der Waals surface area contributed by atoms with Crippen molar-refractivity contribution in [3.8, 4) is 0 Å². The van der Waals surface area contributed by atoms with Crippen LogP contribution in [0.3, 0.4) is 0 Å². The summed E-state index contributed by atoms with van der Waals surface area (Å²) in [4.78, 5) is -3.89. The van der Waals surface area contributed by atoms with Crippen LogP contribution in [0.25, 0.3) is 0 Å². The van der Waals surface area contributed by atoms with E-state index in [0.29, 0.717) is 0 Å². The largest absolute Gasteiger partial charge is 0.462 e. The summed E-state index contributed by atoms with van der Waals surface area (Å²) in [6.07, 6.45) is -15.3. The Kier molecular flexibility index (Phi) is 4.72. The highest BCUT2D eigenvalue weighted by Crippen LogP contribution is 2.65. The Morgan fingerprint density at radius 3 is 1.30 bits per heavy atom. The zero-order valence-electron chi connectivity index (χ0n) is 11.4. The van der Waals surface area contributed by atoms with Crippen LogP contribution in [0.5, 0.6) is 0 Å². The topological polar surface area (TPSA) is 3.24 Å². The average molecular weight is 445 g/mol. The van der Waals surface area contributed by atoms with Crippen LogP contribution in [0.15, 0.2) is 11.8 Å². The van der Waals surface area contributed by atoms with E-state index in [2.05, 4.69) is 0 Å². The standard InChI is InChI=1S/C9F17N/c10-1-2(11)27(9(25,26)5(16,17)8(22,23)24)6(18,3(1,12)13)4(14,15)7(19,20)21. The summed E-state index contributed by atoms with van der Waals surface area (Å²) in [5.41, 5.74) is 0. The summed E-state index contributed by atoms with van der Waals surface area (Å²) in [6, 6.07) is -7.91. The molecule has 0 aromatic carbocycles. The predicted molar refractivity (Wildman–Crippen MR) is 46.8 cm³/mol. The minimum absolute atomic E-state index is 3.89. The van der Waals surface area contributed by atoms with Crippen LogP contribution in [0.1, 0.15) is 0 Å². The highest BCUT2D eigenvalue weighted by Gasteiger charge is 2.93. The van der Waals surface area contributed by atoms with Gasteiger partial charge >= 0.3 is 42.0 Å². The smallest absolute Gasteiger partial charge is 0.236 e. The average Bonchev–Trinajstić information content (AvgIpc) is 2.55. The van der Waals surface area contributed by atoms with E-state index in [1.54, 1.807) is 0 Å². The van der Waals surface area contributed by atoms with Gasteiger partial charge in [-0.15, -0.1) is 0 Å². The van der Waals surface area contributed by atoms with Gasteiger partial charge in [0, 0.05) is 0 Å². The van der Waals surface area contributed by atoms with Crippen LogP contribution in [0.4, 0.5) is 74.6 Å². The Balaban J connectivity index is 3.94. The zero-order chi connectivity index (χ0) is 22.2. The summed E-state index contributed by atoms with van der Waals surface area (Å²) in [5.74, 6) is -39.9. The highest BCUT2D eigenvalue weighted by atomic mass is 19.4. The van der Waals surface area contributed by atoms with E-state index < -0.39 is 58.6 Å². The van der Waals surface area contributed by atoms with Gasteiger partial charge in [0.15, 0.2) is 0 Å². The molecule has 1 heterocycles. The number of alkyl halides is 15. The molecule has 1 unspecified atom stereocenters. The van der Waals surface area contributed by atoms with Gasteiger partial charge in [-0.05, 0) is 0 Å². The fraction of sp³-hybridized carbons (Fsp3) is 0.778. The van der Waals surface area contributed by atoms with Gasteiger partial charge < -0.3 is 0 Å². The maximum atomic E-state index is 13.9. The second kappa shape index (κ2) is 5.45. The second-order valence-electron chi connectivity index (χ2n) is 4.82. The number of nitrogens with zero attached hydrogens (tertiary/aromatic N) is 1. The molecule has 0 fully saturated rings. The van der Waals surface area contributed by atoms with Crippen molar-refractivity contribution in [1.82, 2.24) is 4.90 Å². The third kappa shape index (κ3) is 2.53. The maximum absolute atomic E-state index is 13.9. The predicted octanol–water partition coefficient (Wildman–Crippen LogP) is 5.70. The molecule has 1 aliphatic heterocycles. The highest BCUT2D eigenvalue weighted by molar-refractivity contribution is 5.31. The van der Waals surface area contributed by atoms with Crippen molar-refractivity contribution in [2.45, 2.75) is 42.0 Å². The Labute approximate surface area is 135 Å². The number of hydrogen-bond donors (Lipinski definition) is 0. The number of hydrogen-bond acceptors (Lipinski definition) is 1. The molecule has 1 rings (SSSR count). The van der Waals surface area contributed by atoms with Crippen LogP contribution in [-0.2, 0) is 0 Å². The van der Waals surface area contributed by atoms with Gasteiger partial charge in [-0.25, -0.2) is 9.29 Å². The van der Waals surface area contributed by atoms with Crippen molar-refractivity contribution in [1.29, 1.82) is 0 Å². The molecule has 0 aromatic rings. The Bertz CT molecular complexity index is 638.